The molecular weight excluding hydrogens is 1200 g/mol. The van der Waals surface area contributed by atoms with Crippen molar-refractivity contribution >= 4 is 42.2 Å². The Bertz CT molecular complexity index is 3020. The van der Waals surface area contributed by atoms with Crippen molar-refractivity contribution in [3.05, 3.63) is 36.4 Å². The standard InChI is InChI=1S/C48H64O35S2/c49-7-19-37-25(53)31(59)43(72-19)79-38-20(8-50)74-45(33(61)27(38)55)82-41-23-11-69-84(65,66)13-1-3-17-15(5-13)16-6-14(2-4-18(16)71-17)85(67,68)70-12-24-42(29(57)35(63)47(76-24)80-39-21(9-51)73-44(78-37)32(60)26(39)54)83-46-34(62)28(56)40(22(10-52)75-46)81-48(77-23)36(64)30(41)58/h1-6,19-64H,7-12H2/t19-,20-,21-,22-,23-,24-,25-,26-,27-,28-,29-,30-,31-,32-,33-,34-,35-,36-,37-,38-,39-,40-,41-,42-,43-,44-,45-,46-,47-,48-/m1/s1. The molecule has 0 spiro atoms. The van der Waals surface area contributed by atoms with Gasteiger partial charge in [0.15, 0.2) is 37.7 Å². The SMILES string of the molecule is O=S1(=O)OC[C@H]2O[C@@H]3O[C@H]4[C@H](O)[C@@H](O)[C@@H](O[C@H]5[C@H](O)[C@@H](O)[C@@H](O[C@H]6[C@H](O)[C@@H](O)[C@@H](O[C@H]7[C@H](O)[C@@H](O)[C@@H](O[C@H]8[C@H](O)[C@@H](O)[C@@H](O[C@H]2[C@H](O)[C@H]3O)O[C@@H]8CO)O[C@@H]7COS(=O)(=O)c2ccc3oc7ccc1cc7c3c2)O[C@@H]6CO)O[C@@H]5CO)O[C@@H]4CO. The Morgan fingerprint density at radius 3 is 0.847 bits per heavy atom. The van der Waals surface area contributed by atoms with Crippen molar-refractivity contribution in [2.45, 2.75) is 194 Å². The highest BCUT2D eigenvalue weighted by atomic mass is 32.2. The number of benzene rings is 2. The van der Waals surface area contributed by atoms with Gasteiger partial charge >= 0.3 is 0 Å². The minimum absolute atomic E-state index is 0.00920. The molecule has 0 radical (unpaired) electrons. The molecule has 3 aromatic rings. The molecule has 16 N–H and O–H groups in total. The van der Waals surface area contributed by atoms with E-state index in [1.165, 1.54) is 12.1 Å². The highest BCUT2D eigenvalue weighted by molar-refractivity contribution is 7.87. The minimum Gasteiger partial charge on any atom is -0.456 e. The maximum atomic E-state index is 14.2. The molecular formula is C48H64O35S2. The van der Waals surface area contributed by atoms with Crippen molar-refractivity contribution < 1.29 is 168 Å². The molecule has 30 atom stereocenters. The van der Waals surface area contributed by atoms with Crippen LogP contribution in [0.15, 0.2) is 50.6 Å². The number of aliphatic hydroxyl groups excluding tert-OH is 16. The smallest absolute Gasteiger partial charge is 0.297 e. The van der Waals surface area contributed by atoms with E-state index in [1.54, 1.807) is 0 Å². The van der Waals surface area contributed by atoms with Gasteiger partial charge in [-0.1, -0.05) is 0 Å². The summed E-state index contributed by atoms with van der Waals surface area (Å²) in [5.74, 6) is 0. The first-order valence-corrected chi connectivity index (χ1v) is 29.4. The van der Waals surface area contributed by atoms with Crippen LogP contribution in [0.1, 0.15) is 0 Å². The van der Waals surface area contributed by atoms with Gasteiger partial charge in [0, 0.05) is 10.8 Å². The molecule has 16 fully saturated rings. The lowest BCUT2D eigenvalue weighted by Gasteiger charge is -2.50. The lowest BCUT2D eigenvalue weighted by molar-refractivity contribution is -0.403. The van der Waals surface area contributed by atoms with Crippen molar-refractivity contribution in [1.82, 2.24) is 0 Å². The van der Waals surface area contributed by atoms with Crippen LogP contribution in [-0.2, 0) is 85.4 Å². The largest absolute Gasteiger partial charge is 0.456 e. The minimum atomic E-state index is -5.02. The zero-order valence-corrected chi connectivity index (χ0v) is 45.4. The first kappa shape index (κ1) is 63.5. The molecule has 1 aromatic heterocycles. The van der Waals surface area contributed by atoms with Crippen LogP contribution in [-0.4, -0.2) is 322 Å². The van der Waals surface area contributed by atoms with Crippen molar-refractivity contribution in [2.24, 2.45) is 0 Å². The number of aliphatic hydroxyl groups is 16. The number of ether oxygens (including phenoxy) is 12. The van der Waals surface area contributed by atoms with E-state index in [0.717, 1.165) is 24.3 Å². The van der Waals surface area contributed by atoms with Gasteiger partial charge in [0.2, 0.25) is 0 Å². The van der Waals surface area contributed by atoms with Gasteiger partial charge in [-0.15, -0.1) is 0 Å². The van der Waals surface area contributed by atoms with Gasteiger partial charge in [0.1, 0.15) is 158 Å². The van der Waals surface area contributed by atoms with Crippen LogP contribution in [0.5, 0.6) is 0 Å². The third-order valence-electron chi connectivity index (χ3n) is 16.1. The molecule has 18 aliphatic rings. The summed E-state index contributed by atoms with van der Waals surface area (Å²) in [5, 5.41) is 182. The predicted octanol–water partition coefficient (Wildman–Crippen LogP) is -10.0. The summed E-state index contributed by atoms with van der Waals surface area (Å²) in [6, 6.07) is 6.56. The van der Waals surface area contributed by atoms with Crippen LogP contribution in [0, 0.1) is 0 Å². The third-order valence-corrected chi connectivity index (χ3v) is 18.6. The number of rotatable bonds is 4. The summed E-state index contributed by atoms with van der Waals surface area (Å²) >= 11 is 0. The summed E-state index contributed by atoms with van der Waals surface area (Å²) in [6.07, 6.45) is -64.2. The molecule has 85 heavy (non-hydrogen) atoms. The summed E-state index contributed by atoms with van der Waals surface area (Å²) in [6.45, 7) is -6.84. The fourth-order valence-corrected chi connectivity index (χ4v) is 13.3. The quantitative estimate of drug-likeness (QED) is 0.108. The van der Waals surface area contributed by atoms with E-state index in [2.05, 4.69) is 0 Å². The summed E-state index contributed by atoms with van der Waals surface area (Å²) in [5.41, 5.74) is 0.0507. The maximum absolute atomic E-state index is 14.2. The van der Waals surface area contributed by atoms with Gasteiger partial charge in [-0.3, -0.25) is 8.37 Å². The van der Waals surface area contributed by atoms with Gasteiger partial charge in [0.25, 0.3) is 20.2 Å². The molecule has 16 saturated heterocycles. The number of fused-ring (bicyclic) bond motifs is 4. The first-order valence-electron chi connectivity index (χ1n) is 26.6. The van der Waals surface area contributed by atoms with E-state index < -0.39 is 254 Å². The second-order valence-electron chi connectivity index (χ2n) is 21.4. The molecule has 0 amide bonds. The molecule has 18 aliphatic heterocycles. The lowest BCUT2D eigenvalue weighted by Crippen LogP contribution is -2.69. The Labute approximate surface area is 479 Å². The third kappa shape index (κ3) is 11.8. The maximum Gasteiger partial charge on any atom is 0.297 e. The van der Waals surface area contributed by atoms with Crippen molar-refractivity contribution in [3.8, 4) is 0 Å². The van der Waals surface area contributed by atoms with Crippen LogP contribution in [0.4, 0.5) is 0 Å². The van der Waals surface area contributed by atoms with E-state index >= 15 is 0 Å². The zero-order valence-electron chi connectivity index (χ0n) is 43.8. The Morgan fingerprint density at radius 1 is 0.329 bits per heavy atom. The molecule has 0 unspecified atom stereocenters. The summed E-state index contributed by atoms with van der Waals surface area (Å²) in [4.78, 5) is -1.20. The Morgan fingerprint density at radius 2 is 0.576 bits per heavy atom. The van der Waals surface area contributed by atoms with Gasteiger partial charge in [-0.25, -0.2) is 0 Å². The number of hydrogen-bond donors (Lipinski definition) is 16. The number of furan rings is 1. The van der Waals surface area contributed by atoms with E-state index in [1.807, 2.05) is 0 Å². The number of hydrogen-bond acceptors (Lipinski definition) is 35. The molecule has 2 aromatic carbocycles. The van der Waals surface area contributed by atoms with E-state index in [0.29, 0.717) is 0 Å². The molecule has 478 valence electrons. The summed E-state index contributed by atoms with van der Waals surface area (Å²) in [7, 11) is -10.0. The predicted molar refractivity (Wildman–Crippen MR) is 262 cm³/mol. The van der Waals surface area contributed by atoms with E-state index in [-0.39, 0.29) is 21.9 Å². The van der Waals surface area contributed by atoms with Crippen LogP contribution < -0.4 is 0 Å². The Kier molecular flexibility index (Phi) is 18.7. The topological polar surface area (TPSA) is 534 Å². The van der Waals surface area contributed by atoms with E-state index in [4.69, 9.17) is 69.6 Å². The second kappa shape index (κ2) is 25.0. The molecule has 18 bridgehead atoms. The molecule has 37 heteroatoms. The van der Waals surface area contributed by atoms with E-state index in [9.17, 15) is 98.5 Å². The highest BCUT2D eigenvalue weighted by Gasteiger charge is 2.59. The van der Waals surface area contributed by atoms with Gasteiger partial charge in [-0.2, -0.15) is 16.8 Å². The Hall–Kier alpha value is -3.06. The normalized spacial score (nSPS) is 48.0. The molecule has 35 nitrogen and oxygen atoms in total. The second-order valence-corrected chi connectivity index (χ2v) is 24.6. The fourth-order valence-electron chi connectivity index (χ4n) is 11.4. The van der Waals surface area contributed by atoms with Gasteiger partial charge < -0.3 is 143 Å². The molecule has 0 saturated carbocycles. The fraction of sp³-hybridized carbons (Fsp3) is 0.750. The van der Waals surface area contributed by atoms with Crippen LogP contribution in [0.2, 0.25) is 0 Å². The molecule has 19 heterocycles. The van der Waals surface area contributed by atoms with Gasteiger partial charge in [-0.05, 0) is 36.4 Å². The van der Waals surface area contributed by atoms with Crippen molar-refractivity contribution in [3.63, 3.8) is 0 Å². The van der Waals surface area contributed by atoms with Gasteiger partial charge in [0.05, 0.1) is 49.4 Å². The van der Waals surface area contributed by atoms with Crippen LogP contribution >= 0.6 is 0 Å². The van der Waals surface area contributed by atoms with Crippen molar-refractivity contribution in [2.75, 3.05) is 39.6 Å². The molecule has 0 aliphatic carbocycles. The van der Waals surface area contributed by atoms with Crippen LogP contribution in [0.25, 0.3) is 21.9 Å². The van der Waals surface area contributed by atoms with Crippen LogP contribution in [0.3, 0.4) is 0 Å². The monoisotopic (exact) mass is 1260 g/mol. The average Bonchev–Trinajstić information content (AvgIpc) is 3.81. The lowest BCUT2D eigenvalue weighted by atomic mass is 9.94. The Balaban J connectivity index is 1.03. The van der Waals surface area contributed by atoms with Crippen molar-refractivity contribution in [1.29, 1.82) is 0 Å². The highest BCUT2D eigenvalue weighted by Crippen LogP contribution is 2.40. The zero-order chi connectivity index (χ0) is 60.9. The average molecular weight is 1270 g/mol. The first-order chi connectivity index (χ1) is 40.4. The summed E-state index contributed by atoms with van der Waals surface area (Å²) < 4.78 is 143. The molecule has 21 rings (SSSR count).